The molecule has 6 nitrogen and oxygen atoms in total. The topological polar surface area (TPSA) is 80.8 Å². The Kier molecular flexibility index (Phi) is 6.85. The summed E-state index contributed by atoms with van der Waals surface area (Å²) in [5, 5.41) is 20.8. The minimum absolute atomic E-state index is 0.00840. The van der Waals surface area contributed by atoms with E-state index < -0.39 is 11.4 Å². The van der Waals surface area contributed by atoms with E-state index >= 15 is 0 Å². The first-order valence-electron chi connectivity index (χ1n) is 14.2. The molecule has 2 aliphatic heterocycles. The van der Waals surface area contributed by atoms with Gasteiger partial charge in [0, 0.05) is 41.1 Å². The number of allylic oxidation sites excluding steroid dienone is 5. The number of aliphatic hydroxyl groups excluding tert-OH is 1. The molecule has 5 rings (SSSR count). The van der Waals surface area contributed by atoms with Crippen molar-refractivity contribution in [3.8, 4) is 0 Å². The van der Waals surface area contributed by atoms with E-state index in [0.29, 0.717) is 11.1 Å². The lowest BCUT2D eigenvalue weighted by Gasteiger charge is -2.29. The summed E-state index contributed by atoms with van der Waals surface area (Å²) in [7, 11) is 1.99. The average molecular weight is 540 g/mol. The molecular formula is C34H39N2O4+. The maximum Gasteiger partial charge on any atom is 0.335 e. The van der Waals surface area contributed by atoms with Crippen molar-refractivity contribution in [1.82, 2.24) is 0 Å². The number of benzene rings is 2. The lowest BCUT2D eigenvalue weighted by molar-refractivity contribution is -0.401. The Morgan fingerprint density at radius 1 is 0.975 bits per heavy atom. The predicted octanol–water partition coefficient (Wildman–Crippen LogP) is 6.97. The van der Waals surface area contributed by atoms with Crippen LogP contribution in [-0.4, -0.2) is 45.8 Å². The van der Waals surface area contributed by atoms with Crippen LogP contribution in [0, 0.1) is 0 Å². The molecule has 40 heavy (non-hydrogen) atoms. The van der Waals surface area contributed by atoms with Crippen molar-refractivity contribution in [2.75, 3.05) is 18.5 Å². The number of fused-ring (bicyclic) bond motifs is 2. The van der Waals surface area contributed by atoms with Crippen LogP contribution < -0.4 is 4.90 Å². The smallest absolute Gasteiger partial charge is 0.335 e. The molecule has 2 aromatic carbocycles. The number of carbonyl (C=O) groups excluding carboxylic acids is 1. The van der Waals surface area contributed by atoms with Crippen molar-refractivity contribution in [2.45, 2.75) is 71.1 Å². The number of hydrogen-bond donors (Lipinski definition) is 2. The summed E-state index contributed by atoms with van der Waals surface area (Å²) in [6.07, 6.45) is 7.99. The number of aliphatic hydroxyl groups is 1. The number of ketones is 1. The highest BCUT2D eigenvalue weighted by Gasteiger charge is 2.46. The third-order valence-corrected chi connectivity index (χ3v) is 8.88. The van der Waals surface area contributed by atoms with Crippen LogP contribution in [0.2, 0.25) is 0 Å². The second-order valence-electron chi connectivity index (χ2n) is 12.1. The molecule has 2 heterocycles. The van der Waals surface area contributed by atoms with Crippen molar-refractivity contribution < 1.29 is 24.4 Å². The second-order valence-corrected chi connectivity index (χ2v) is 12.1. The number of para-hydroxylation sites is 1. The fourth-order valence-electron chi connectivity index (χ4n) is 6.45. The van der Waals surface area contributed by atoms with Crippen LogP contribution in [0.3, 0.4) is 0 Å². The zero-order chi connectivity index (χ0) is 29.0. The van der Waals surface area contributed by atoms with Gasteiger partial charge in [-0.25, -0.2) is 4.79 Å². The number of hydrogen-bond acceptors (Lipinski definition) is 4. The first-order valence-corrected chi connectivity index (χ1v) is 14.2. The molecule has 6 heteroatoms. The summed E-state index contributed by atoms with van der Waals surface area (Å²) in [5.41, 5.74) is 6.04. The zero-order valence-corrected chi connectivity index (χ0v) is 24.3. The lowest BCUT2D eigenvalue weighted by atomic mass is 9.77. The van der Waals surface area contributed by atoms with Crippen LogP contribution >= 0.6 is 0 Å². The van der Waals surface area contributed by atoms with E-state index in [9.17, 15) is 19.8 Å². The summed E-state index contributed by atoms with van der Waals surface area (Å²) < 4.78 is 2.09. The maximum absolute atomic E-state index is 13.5. The number of rotatable bonds is 8. The molecule has 0 saturated carbocycles. The largest absolute Gasteiger partial charge is 0.506 e. The zero-order valence-electron chi connectivity index (χ0n) is 24.3. The van der Waals surface area contributed by atoms with Crippen molar-refractivity contribution in [1.29, 1.82) is 0 Å². The Morgan fingerprint density at radius 2 is 1.70 bits per heavy atom. The van der Waals surface area contributed by atoms with Crippen LogP contribution in [0.4, 0.5) is 11.4 Å². The van der Waals surface area contributed by atoms with Gasteiger partial charge >= 0.3 is 5.97 Å². The predicted molar refractivity (Wildman–Crippen MR) is 159 cm³/mol. The van der Waals surface area contributed by atoms with E-state index in [-0.39, 0.29) is 22.5 Å². The maximum atomic E-state index is 13.5. The summed E-state index contributed by atoms with van der Waals surface area (Å²) in [4.78, 5) is 27.4. The molecule has 0 radical (unpaired) electrons. The average Bonchev–Trinajstić information content (AvgIpc) is 3.25. The number of unbranched alkanes of at least 4 members (excludes halogenated alkanes) is 3. The van der Waals surface area contributed by atoms with Gasteiger partial charge in [-0.15, -0.1) is 0 Å². The monoisotopic (exact) mass is 539 g/mol. The molecule has 0 saturated heterocycles. The number of Topliss-reactive ketones (excluding diaryl/α,β-unsaturated/α-hetero) is 1. The first kappa shape index (κ1) is 27.6. The molecule has 0 aromatic heterocycles. The van der Waals surface area contributed by atoms with Crippen molar-refractivity contribution in [3.63, 3.8) is 0 Å². The van der Waals surface area contributed by atoms with Gasteiger partial charge in [-0.1, -0.05) is 58.2 Å². The van der Waals surface area contributed by atoms with Gasteiger partial charge in [0.2, 0.25) is 11.5 Å². The Bertz CT molecular complexity index is 1550. The van der Waals surface area contributed by atoms with Crippen LogP contribution in [0.25, 0.3) is 0 Å². The van der Waals surface area contributed by atoms with Gasteiger partial charge in [-0.2, -0.15) is 4.58 Å². The van der Waals surface area contributed by atoms with Crippen LogP contribution in [0.5, 0.6) is 0 Å². The molecule has 0 atom stereocenters. The molecule has 1 aliphatic carbocycles. The summed E-state index contributed by atoms with van der Waals surface area (Å²) in [6, 6.07) is 13.5. The fraction of sp³-hybridized carbons (Fsp3) is 0.382. The van der Waals surface area contributed by atoms with E-state index in [0.717, 1.165) is 60.6 Å². The van der Waals surface area contributed by atoms with E-state index in [1.165, 1.54) is 5.56 Å². The minimum Gasteiger partial charge on any atom is -0.506 e. The number of carboxylic acid groups (broad SMARTS) is 1. The quantitative estimate of drug-likeness (QED) is 0.215. The third kappa shape index (κ3) is 4.21. The Balaban J connectivity index is 1.54. The lowest BCUT2D eigenvalue weighted by Crippen LogP contribution is -2.31. The minimum atomic E-state index is -0.964. The summed E-state index contributed by atoms with van der Waals surface area (Å²) in [6.45, 7) is 11.3. The van der Waals surface area contributed by atoms with Gasteiger partial charge in [-0.05, 0) is 50.1 Å². The highest BCUT2D eigenvalue weighted by atomic mass is 16.4. The fourth-order valence-corrected chi connectivity index (χ4v) is 6.45. The van der Waals surface area contributed by atoms with E-state index in [1.54, 1.807) is 12.1 Å². The molecule has 2 aromatic rings. The summed E-state index contributed by atoms with van der Waals surface area (Å²) >= 11 is 0. The number of anilines is 1. The van der Waals surface area contributed by atoms with Crippen molar-refractivity contribution in [3.05, 3.63) is 93.9 Å². The SMILES string of the molecule is CCCCCCN1C(=CC2=C(O)C(=CC3=[N+](C)c4ccccc4C3(C)C)C2=O)C(C)(C)c2cc(C(=O)O)ccc21. The van der Waals surface area contributed by atoms with E-state index in [1.807, 2.05) is 37.4 Å². The van der Waals surface area contributed by atoms with Gasteiger partial charge in [0.05, 0.1) is 22.1 Å². The summed E-state index contributed by atoms with van der Waals surface area (Å²) in [5.74, 6) is -1.13. The Morgan fingerprint density at radius 3 is 2.35 bits per heavy atom. The van der Waals surface area contributed by atoms with Crippen molar-refractivity contribution >= 4 is 28.8 Å². The third-order valence-electron chi connectivity index (χ3n) is 8.88. The Labute approximate surface area is 236 Å². The second kappa shape index (κ2) is 9.92. The molecule has 0 spiro atoms. The normalized spacial score (nSPS) is 20.9. The number of aromatic carboxylic acids is 1. The Hall–Kier alpha value is -3.93. The molecule has 0 bridgehead atoms. The van der Waals surface area contributed by atoms with Gasteiger partial charge < -0.3 is 15.1 Å². The number of nitrogens with zero attached hydrogens (tertiary/aromatic N) is 2. The van der Waals surface area contributed by atoms with E-state index in [2.05, 4.69) is 56.2 Å². The number of carbonyl (C=O) groups is 2. The van der Waals surface area contributed by atoms with Gasteiger partial charge in [0.25, 0.3) is 0 Å². The van der Waals surface area contributed by atoms with Crippen LogP contribution in [-0.2, 0) is 15.6 Å². The first-order chi connectivity index (χ1) is 18.9. The molecule has 3 aliphatic rings. The standard InChI is InChI=1S/C34H38N2O4/c1-7-8-9-12-17-36-27-16-15-21(32(39)40)18-25(27)34(4,5)29(36)20-23-30(37)22(31(23)38)19-28-33(2,3)24-13-10-11-14-26(24)35(28)6/h10-11,13-16,18-20H,7-9,12,17H2,1-6H3,(H-,37,38,39,40)/p+1. The van der Waals surface area contributed by atoms with Gasteiger partial charge in [0.15, 0.2) is 5.71 Å². The highest BCUT2D eigenvalue weighted by Crippen LogP contribution is 2.49. The number of carboxylic acids is 1. The molecule has 0 unspecified atom stereocenters. The van der Waals surface area contributed by atoms with E-state index in [4.69, 9.17) is 0 Å². The molecular weight excluding hydrogens is 500 g/mol. The van der Waals surface area contributed by atoms with Crippen LogP contribution in [0.1, 0.15) is 81.8 Å². The van der Waals surface area contributed by atoms with Gasteiger partial charge in [-0.3, -0.25) is 4.79 Å². The molecule has 2 N–H and O–H groups in total. The molecule has 0 fully saturated rings. The van der Waals surface area contributed by atoms with Gasteiger partial charge in [0.1, 0.15) is 12.8 Å². The molecule has 208 valence electrons. The molecule has 0 amide bonds. The van der Waals surface area contributed by atoms with Crippen molar-refractivity contribution in [2.24, 2.45) is 0 Å². The van der Waals surface area contributed by atoms with Crippen LogP contribution in [0.15, 0.2) is 77.2 Å². The highest BCUT2D eigenvalue weighted by molar-refractivity contribution is 6.24.